The maximum Gasteiger partial charge on any atom is 0.155 e. The SMILES string of the molecule is OCCc1nc(Cl)c2cc(Br)ccn12. The molecule has 2 aromatic heterocycles. The van der Waals surface area contributed by atoms with Gasteiger partial charge in [0.05, 0.1) is 12.1 Å². The van der Waals surface area contributed by atoms with Gasteiger partial charge in [-0.1, -0.05) is 27.5 Å². The Morgan fingerprint density at radius 1 is 1.57 bits per heavy atom. The first-order valence-corrected chi connectivity index (χ1v) is 5.32. The molecule has 0 bridgehead atoms. The molecule has 2 heterocycles. The Kier molecular flexibility index (Phi) is 2.76. The first kappa shape index (κ1) is 9.96. The Balaban J connectivity index is 2.65. The molecule has 1 N–H and O–H groups in total. The van der Waals surface area contributed by atoms with E-state index in [1.807, 2.05) is 22.7 Å². The predicted molar refractivity (Wildman–Crippen MR) is 58.7 cm³/mol. The smallest absolute Gasteiger partial charge is 0.155 e. The van der Waals surface area contributed by atoms with Crippen molar-refractivity contribution in [1.82, 2.24) is 9.38 Å². The number of hydrogen-bond acceptors (Lipinski definition) is 2. The summed E-state index contributed by atoms with van der Waals surface area (Å²) in [6.07, 6.45) is 2.39. The van der Waals surface area contributed by atoms with Crippen LogP contribution in [-0.2, 0) is 6.42 Å². The molecule has 2 rings (SSSR count). The van der Waals surface area contributed by atoms with E-state index >= 15 is 0 Å². The molecule has 0 aliphatic carbocycles. The number of fused-ring (bicyclic) bond motifs is 1. The van der Waals surface area contributed by atoms with Gasteiger partial charge < -0.3 is 9.51 Å². The first-order valence-electron chi connectivity index (χ1n) is 4.15. The second-order valence-corrected chi connectivity index (χ2v) is 4.17. The molecule has 0 aliphatic rings. The molecule has 0 atom stereocenters. The molecule has 14 heavy (non-hydrogen) atoms. The average Bonchev–Trinajstić information content (AvgIpc) is 2.44. The van der Waals surface area contributed by atoms with Gasteiger partial charge in [-0.2, -0.15) is 0 Å². The van der Waals surface area contributed by atoms with E-state index in [0.29, 0.717) is 11.6 Å². The third kappa shape index (κ3) is 1.65. The molecular weight excluding hydrogens is 267 g/mol. The van der Waals surface area contributed by atoms with E-state index in [0.717, 1.165) is 15.8 Å². The number of pyridine rings is 1. The summed E-state index contributed by atoms with van der Waals surface area (Å²) in [5, 5.41) is 9.30. The third-order valence-electron chi connectivity index (χ3n) is 1.97. The number of aliphatic hydroxyl groups is 1. The van der Waals surface area contributed by atoms with Crippen LogP contribution in [0.2, 0.25) is 5.15 Å². The Hall–Kier alpha value is -0.580. The second kappa shape index (κ2) is 3.88. The van der Waals surface area contributed by atoms with Gasteiger partial charge in [-0.3, -0.25) is 0 Å². The fourth-order valence-corrected chi connectivity index (χ4v) is 1.94. The van der Waals surface area contributed by atoms with Crippen LogP contribution in [0.1, 0.15) is 5.82 Å². The van der Waals surface area contributed by atoms with Gasteiger partial charge in [-0.05, 0) is 12.1 Å². The van der Waals surface area contributed by atoms with Crippen LogP contribution in [0.15, 0.2) is 22.8 Å². The number of imidazole rings is 1. The van der Waals surface area contributed by atoms with Crippen molar-refractivity contribution in [3.05, 3.63) is 33.8 Å². The Labute approximate surface area is 94.5 Å². The predicted octanol–water partition coefficient (Wildman–Crippen LogP) is 2.29. The normalized spacial score (nSPS) is 11.1. The highest BCUT2D eigenvalue weighted by molar-refractivity contribution is 9.10. The highest BCUT2D eigenvalue weighted by atomic mass is 79.9. The van der Waals surface area contributed by atoms with E-state index < -0.39 is 0 Å². The maximum atomic E-state index is 8.84. The highest BCUT2D eigenvalue weighted by Gasteiger charge is 2.08. The molecule has 0 amide bonds. The van der Waals surface area contributed by atoms with E-state index in [1.54, 1.807) is 0 Å². The van der Waals surface area contributed by atoms with E-state index in [4.69, 9.17) is 16.7 Å². The van der Waals surface area contributed by atoms with E-state index in [1.165, 1.54) is 0 Å². The van der Waals surface area contributed by atoms with Crippen molar-refractivity contribution in [2.24, 2.45) is 0 Å². The third-order valence-corrected chi connectivity index (χ3v) is 2.74. The van der Waals surface area contributed by atoms with Crippen LogP contribution in [0.4, 0.5) is 0 Å². The van der Waals surface area contributed by atoms with Crippen molar-refractivity contribution < 1.29 is 5.11 Å². The van der Waals surface area contributed by atoms with Gasteiger partial charge in [0.2, 0.25) is 0 Å². The number of rotatable bonds is 2. The molecule has 0 saturated carbocycles. The average molecular weight is 276 g/mol. The second-order valence-electron chi connectivity index (χ2n) is 2.89. The van der Waals surface area contributed by atoms with E-state index in [9.17, 15) is 0 Å². The molecule has 74 valence electrons. The molecular formula is C9H8BrClN2O. The van der Waals surface area contributed by atoms with Crippen LogP contribution in [0.3, 0.4) is 0 Å². The summed E-state index contributed by atoms with van der Waals surface area (Å²) in [6, 6.07) is 3.81. The lowest BCUT2D eigenvalue weighted by atomic mass is 10.4. The molecule has 0 fully saturated rings. The fraction of sp³-hybridized carbons (Fsp3) is 0.222. The van der Waals surface area contributed by atoms with Crippen LogP contribution in [-0.4, -0.2) is 21.1 Å². The molecule has 0 aliphatic heterocycles. The summed E-state index contributed by atoms with van der Waals surface area (Å²) in [4.78, 5) is 4.17. The minimum atomic E-state index is 0.0749. The quantitative estimate of drug-likeness (QED) is 0.913. The summed E-state index contributed by atoms with van der Waals surface area (Å²) in [5.74, 6) is 0.778. The van der Waals surface area contributed by atoms with Crippen LogP contribution >= 0.6 is 27.5 Å². The first-order chi connectivity index (χ1) is 6.72. The molecule has 0 spiro atoms. The summed E-state index contributed by atoms with van der Waals surface area (Å²) in [7, 11) is 0. The Morgan fingerprint density at radius 2 is 2.36 bits per heavy atom. The number of nitrogens with zero attached hydrogens (tertiary/aromatic N) is 2. The molecule has 2 aromatic rings. The van der Waals surface area contributed by atoms with Gasteiger partial charge in [0.15, 0.2) is 5.15 Å². The van der Waals surface area contributed by atoms with Crippen molar-refractivity contribution >= 4 is 33.0 Å². The van der Waals surface area contributed by atoms with Crippen molar-refractivity contribution in [3.63, 3.8) is 0 Å². The largest absolute Gasteiger partial charge is 0.396 e. The Bertz CT molecular complexity index is 469. The fourth-order valence-electron chi connectivity index (χ4n) is 1.36. The van der Waals surface area contributed by atoms with Gasteiger partial charge in [0.25, 0.3) is 0 Å². The summed E-state index contributed by atoms with van der Waals surface area (Å²) < 4.78 is 2.84. The lowest BCUT2D eigenvalue weighted by molar-refractivity contribution is 0.296. The summed E-state index contributed by atoms with van der Waals surface area (Å²) >= 11 is 9.32. The maximum absolute atomic E-state index is 8.84. The molecule has 0 unspecified atom stereocenters. The zero-order valence-corrected chi connectivity index (χ0v) is 9.59. The van der Waals surface area contributed by atoms with Crippen LogP contribution in [0, 0.1) is 0 Å². The van der Waals surface area contributed by atoms with Crippen LogP contribution in [0.5, 0.6) is 0 Å². The lowest BCUT2D eigenvalue weighted by Gasteiger charge is -1.98. The van der Waals surface area contributed by atoms with Crippen molar-refractivity contribution in [1.29, 1.82) is 0 Å². The summed E-state index contributed by atoms with van der Waals surface area (Å²) in [6.45, 7) is 0.0749. The summed E-state index contributed by atoms with van der Waals surface area (Å²) in [5.41, 5.74) is 0.851. The van der Waals surface area contributed by atoms with Crippen molar-refractivity contribution in [3.8, 4) is 0 Å². The van der Waals surface area contributed by atoms with Gasteiger partial charge in [-0.25, -0.2) is 4.98 Å². The lowest BCUT2D eigenvalue weighted by Crippen LogP contribution is -1.97. The zero-order chi connectivity index (χ0) is 10.1. The van der Waals surface area contributed by atoms with Crippen LogP contribution < -0.4 is 0 Å². The van der Waals surface area contributed by atoms with Crippen LogP contribution in [0.25, 0.3) is 5.52 Å². The monoisotopic (exact) mass is 274 g/mol. The topological polar surface area (TPSA) is 37.5 Å². The number of aromatic nitrogens is 2. The minimum Gasteiger partial charge on any atom is -0.396 e. The van der Waals surface area contributed by atoms with Crippen molar-refractivity contribution in [2.45, 2.75) is 6.42 Å². The molecule has 0 saturated heterocycles. The Morgan fingerprint density at radius 3 is 3.07 bits per heavy atom. The van der Waals surface area contributed by atoms with Gasteiger partial charge in [0.1, 0.15) is 5.82 Å². The van der Waals surface area contributed by atoms with Gasteiger partial charge >= 0.3 is 0 Å². The number of hydrogen-bond donors (Lipinski definition) is 1. The number of aliphatic hydroxyl groups excluding tert-OH is 1. The molecule has 5 heteroatoms. The van der Waals surface area contributed by atoms with Crippen molar-refractivity contribution in [2.75, 3.05) is 6.61 Å². The molecule has 0 radical (unpaired) electrons. The van der Waals surface area contributed by atoms with E-state index in [2.05, 4.69) is 20.9 Å². The zero-order valence-electron chi connectivity index (χ0n) is 7.24. The number of halogens is 2. The van der Waals surface area contributed by atoms with Gasteiger partial charge in [0, 0.05) is 17.1 Å². The standard InChI is InChI=1S/C9H8BrClN2O/c10-6-1-3-13-7(5-6)9(11)12-8(13)2-4-14/h1,3,5,14H,2,4H2. The minimum absolute atomic E-state index is 0.0749. The van der Waals surface area contributed by atoms with E-state index in [-0.39, 0.29) is 6.61 Å². The highest BCUT2D eigenvalue weighted by Crippen LogP contribution is 2.22. The van der Waals surface area contributed by atoms with Gasteiger partial charge in [-0.15, -0.1) is 0 Å². The molecule has 3 nitrogen and oxygen atoms in total. The molecule has 0 aromatic carbocycles.